The fourth-order valence-electron chi connectivity index (χ4n) is 3.39. The molecule has 12 heteroatoms. The molecule has 0 unspecified atom stereocenters. The summed E-state index contributed by atoms with van der Waals surface area (Å²) in [5.74, 6) is -1.23. The zero-order valence-electron chi connectivity index (χ0n) is 17.3. The summed E-state index contributed by atoms with van der Waals surface area (Å²) in [4.78, 5) is 28.8. The first-order valence-corrected chi connectivity index (χ1v) is 9.26. The van der Waals surface area contributed by atoms with E-state index in [2.05, 4.69) is 4.98 Å². The van der Waals surface area contributed by atoms with Crippen LogP contribution >= 0.6 is 0 Å². The van der Waals surface area contributed by atoms with Gasteiger partial charge < -0.3 is 13.9 Å². The minimum Gasteiger partial charge on any atom is -0.403 e. The molecule has 3 heterocycles. The van der Waals surface area contributed by atoms with Crippen LogP contribution < -0.4 is 11.2 Å². The first-order valence-electron chi connectivity index (χ1n) is 9.26. The maximum absolute atomic E-state index is 13.1. The summed E-state index contributed by atoms with van der Waals surface area (Å²) in [5.41, 5.74) is -3.07. The van der Waals surface area contributed by atoms with Crippen LogP contribution in [0, 0.1) is 0 Å². The molecular formula is C17H24BF3N4O4. The van der Waals surface area contributed by atoms with Crippen molar-refractivity contribution in [1.29, 1.82) is 0 Å². The molecule has 0 saturated carbocycles. The Labute approximate surface area is 165 Å². The lowest BCUT2D eigenvalue weighted by Crippen LogP contribution is -2.41. The summed E-state index contributed by atoms with van der Waals surface area (Å²) in [6, 6.07) is 0. The molecule has 0 spiro atoms. The third-order valence-corrected chi connectivity index (χ3v) is 5.74. The van der Waals surface area contributed by atoms with Crippen LogP contribution in [0.25, 0.3) is 11.2 Å². The second-order valence-electron chi connectivity index (χ2n) is 8.29. The van der Waals surface area contributed by atoms with E-state index in [1.165, 1.54) is 7.05 Å². The Hall–Kier alpha value is -2.08. The number of halogens is 3. The third-order valence-electron chi connectivity index (χ3n) is 5.74. The van der Waals surface area contributed by atoms with Crippen molar-refractivity contribution in [3.05, 3.63) is 26.7 Å². The van der Waals surface area contributed by atoms with E-state index in [1.54, 1.807) is 0 Å². The number of aryl methyl sites for hydroxylation is 2. The van der Waals surface area contributed by atoms with Gasteiger partial charge in [-0.05, 0) is 40.4 Å². The van der Waals surface area contributed by atoms with E-state index >= 15 is 0 Å². The highest BCUT2D eigenvalue weighted by atomic mass is 19.4. The highest BCUT2D eigenvalue weighted by Crippen LogP contribution is 2.38. The van der Waals surface area contributed by atoms with Gasteiger partial charge in [0, 0.05) is 20.6 Å². The highest BCUT2D eigenvalue weighted by molar-refractivity contribution is 6.45. The summed E-state index contributed by atoms with van der Waals surface area (Å²) in [6.45, 7) is 7.70. The van der Waals surface area contributed by atoms with Gasteiger partial charge in [0.15, 0.2) is 11.2 Å². The number of hydrogen-bond acceptors (Lipinski definition) is 5. The Balaban J connectivity index is 1.88. The topological polar surface area (TPSA) is 80.3 Å². The number of fused-ring (bicyclic) bond motifs is 1. The fourth-order valence-corrected chi connectivity index (χ4v) is 3.39. The van der Waals surface area contributed by atoms with Crippen molar-refractivity contribution in [3.8, 4) is 0 Å². The van der Waals surface area contributed by atoms with Crippen molar-refractivity contribution in [3.63, 3.8) is 0 Å². The summed E-state index contributed by atoms with van der Waals surface area (Å²) < 4.78 is 53.8. The van der Waals surface area contributed by atoms with Crippen molar-refractivity contribution in [2.24, 2.45) is 14.1 Å². The first kappa shape index (κ1) is 21.6. The van der Waals surface area contributed by atoms with Crippen LogP contribution in [0.4, 0.5) is 13.2 Å². The largest absolute Gasteiger partial charge is 0.457 e. The van der Waals surface area contributed by atoms with Gasteiger partial charge in [-0.3, -0.25) is 13.9 Å². The molecule has 1 fully saturated rings. The minimum absolute atomic E-state index is 0.0258. The van der Waals surface area contributed by atoms with E-state index in [4.69, 9.17) is 9.31 Å². The van der Waals surface area contributed by atoms with Gasteiger partial charge in [0.1, 0.15) is 0 Å². The molecule has 2 aromatic heterocycles. The Kier molecular flexibility index (Phi) is 5.02. The molecule has 3 rings (SSSR count). The zero-order valence-corrected chi connectivity index (χ0v) is 17.3. The Morgan fingerprint density at radius 3 is 2.10 bits per heavy atom. The molecule has 160 valence electrons. The summed E-state index contributed by atoms with van der Waals surface area (Å²) >= 11 is 0. The monoisotopic (exact) mass is 416 g/mol. The fraction of sp³-hybridized carbons (Fsp3) is 0.706. The lowest BCUT2D eigenvalue weighted by atomic mass is 9.83. The smallest absolute Gasteiger partial charge is 0.403 e. The van der Waals surface area contributed by atoms with E-state index in [-0.39, 0.29) is 17.7 Å². The van der Waals surface area contributed by atoms with Gasteiger partial charge in [0.2, 0.25) is 5.82 Å². The van der Waals surface area contributed by atoms with Gasteiger partial charge >= 0.3 is 19.0 Å². The molecule has 2 aromatic rings. The first-order chi connectivity index (χ1) is 13.2. The minimum atomic E-state index is -4.74. The molecule has 0 bridgehead atoms. The highest BCUT2D eigenvalue weighted by Gasteiger charge is 2.50. The summed E-state index contributed by atoms with van der Waals surface area (Å²) in [5, 5.41) is 0. The van der Waals surface area contributed by atoms with E-state index < -0.39 is 41.6 Å². The van der Waals surface area contributed by atoms with Gasteiger partial charge in [0.25, 0.3) is 5.56 Å². The molecule has 8 nitrogen and oxygen atoms in total. The quantitative estimate of drug-likeness (QED) is 0.712. The lowest BCUT2D eigenvalue weighted by Gasteiger charge is -2.32. The van der Waals surface area contributed by atoms with E-state index in [1.807, 2.05) is 27.7 Å². The van der Waals surface area contributed by atoms with E-state index in [9.17, 15) is 22.8 Å². The number of rotatable bonds is 4. The van der Waals surface area contributed by atoms with Crippen molar-refractivity contribution >= 4 is 18.3 Å². The number of aromatic nitrogens is 4. The van der Waals surface area contributed by atoms with Crippen LogP contribution in [0.3, 0.4) is 0 Å². The SMILES string of the molecule is Cn1c(C(F)(F)F)nc2c1c(=O)n(CCCB1OC(C)(C)C(C)(C)O1)c(=O)n2C. The van der Waals surface area contributed by atoms with Gasteiger partial charge in [-0.2, -0.15) is 13.2 Å². The Bertz CT molecular complexity index is 1050. The van der Waals surface area contributed by atoms with E-state index in [0.717, 1.165) is 16.2 Å². The van der Waals surface area contributed by atoms with Crippen LogP contribution in [0.15, 0.2) is 9.59 Å². The van der Waals surface area contributed by atoms with Crippen molar-refractivity contribution in [1.82, 2.24) is 18.7 Å². The van der Waals surface area contributed by atoms with Crippen molar-refractivity contribution in [2.75, 3.05) is 0 Å². The molecular weight excluding hydrogens is 392 g/mol. The predicted molar refractivity (Wildman–Crippen MR) is 101 cm³/mol. The molecule has 0 amide bonds. The second-order valence-corrected chi connectivity index (χ2v) is 8.29. The third kappa shape index (κ3) is 3.52. The van der Waals surface area contributed by atoms with Crippen LogP contribution in [0.2, 0.25) is 6.32 Å². The van der Waals surface area contributed by atoms with Crippen LogP contribution in [-0.2, 0) is 36.1 Å². The average molecular weight is 416 g/mol. The standard InChI is InChI=1S/C17H24BF3N4O4/c1-15(2)16(3,4)29-18(28-15)8-7-9-25-12(26)10-11(24(6)14(25)27)22-13(23(10)5)17(19,20)21/h7-9H2,1-6H3. The summed E-state index contributed by atoms with van der Waals surface area (Å²) in [7, 11) is 1.91. The lowest BCUT2D eigenvalue weighted by molar-refractivity contribution is -0.146. The van der Waals surface area contributed by atoms with Crippen LogP contribution in [-0.4, -0.2) is 37.0 Å². The average Bonchev–Trinajstić information content (AvgIpc) is 3.02. The molecule has 0 aromatic carbocycles. The van der Waals surface area contributed by atoms with Gasteiger partial charge in [-0.15, -0.1) is 0 Å². The maximum Gasteiger partial charge on any atom is 0.457 e. The maximum atomic E-state index is 13.1. The predicted octanol–water partition coefficient (Wildman–Crippen LogP) is 1.93. The Morgan fingerprint density at radius 2 is 1.59 bits per heavy atom. The number of alkyl halides is 3. The zero-order chi connectivity index (χ0) is 21.9. The molecule has 0 radical (unpaired) electrons. The molecule has 0 aliphatic carbocycles. The number of hydrogen-bond donors (Lipinski definition) is 0. The van der Waals surface area contributed by atoms with Gasteiger partial charge in [-0.1, -0.05) is 0 Å². The van der Waals surface area contributed by atoms with E-state index in [0.29, 0.717) is 17.3 Å². The van der Waals surface area contributed by atoms with Crippen molar-refractivity contribution in [2.45, 2.75) is 64.4 Å². The molecule has 1 aliphatic rings. The van der Waals surface area contributed by atoms with Crippen molar-refractivity contribution < 1.29 is 22.5 Å². The molecule has 1 saturated heterocycles. The number of imidazole rings is 1. The van der Waals surface area contributed by atoms with Crippen LogP contribution in [0.5, 0.6) is 0 Å². The van der Waals surface area contributed by atoms with Crippen LogP contribution in [0.1, 0.15) is 39.9 Å². The normalized spacial score (nSPS) is 18.7. The molecule has 0 N–H and O–H groups in total. The number of nitrogens with zero attached hydrogens (tertiary/aromatic N) is 4. The van der Waals surface area contributed by atoms with Gasteiger partial charge in [0.05, 0.1) is 11.2 Å². The Morgan fingerprint density at radius 1 is 1.03 bits per heavy atom. The second kappa shape index (κ2) is 6.73. The van der Waals surface area contributed by atoms with Gasteiger partial charge in [-0.25, -0.2) is 9.78 Å². The molecule has 1 aliphatic heterocycles. The summed E-state index contributed by atoms with van der Waals surface area (Å²) in [6.07, 6.45) is -3.93. The molecule has 0 atom stereocenters. The molecule has 29 heavy (non-hydrogen) atoms.